The fourth-order valence-electron chi connectivity index (χ4n) is 1.56. The van der Waals surface area contributed by atoms with E-state index >= 15 is 0 Å². The van der Waals surface area contributed by atoms with Gasteiger partial charge in [0.1, 0.15) is 0 Å². The first-order valence-corrected chi connectivity index (χ1v) is 6.56. The molecule has 0 spiro atoms. The fraction of sp³-hybridized carbons (Fsp3) is 0.333. The van der Waals surface area contributed by atoms with Crippen LogP contribution in [0.3, 0.4) is 0 Å². The van der Waals surface area contributed by atoms with Crippen molar-refractivity contribution in [2.75, 3.05) is 6.54 Å². The van der Waals surface area contributed by atoms with Crippen molar-refractivity contribution in [1.82, 2.24) is 5.32 Å². The van der Waals surface area contributed by atoms with E-state index in [9.17, 15) is 14.7 Å². The summed E-state index contributed by atoms with van der Waals surface area (Å²) in [6.07, 6.45) is 3.91. The Kier molecular flexibility index (Phi) is 6.46. The molecule has 0 heterocycles. The zero-order chi connectivity index (χ0) is 15.0. The van der Waals surface area contributed by atoms with Crippen LogP contribution in [0.25, 0.3) is 6.08 Å². The predicted octanol–water partition coefficient (Wildman–Crippen LogP) is 1.08. The second kappa shape index (κ2) is 8.12. The highest BCUT2D eigenvalue weighted by Crippen LogP contribution is 2.05. The molecule has 2 amide bonds. The second-order valence-corrected chi connectivity index (χ2v) is 4.46. The van der Waals surface area contributed by atoms with E-state index in [0.29, 0.717) is 24.9 Å². The predicted molar refractivity (Wildman–Crippen MR) is 77.9 cm³/mol. The van der Waals surface area contributed by atoms with Gasteiger partial charge in [-0.2, -0.15) is 0 Å². The van der Waals surface area contributed by atoms with Gasteiger partial charge in [0, 0.05) is 18.2 Å². The number of rotatable bonds is 7. The lowest BCUT2D eigenvalue weighted by atomic mass is 10.1. The number of hydrogen-bond acceptors (Lipinski definition) is 3. The van der Waals surface area contributed by atoms with Gasteiger partial charge in [-0.1, -0.05) is 19.1 Å². The minimum Gasteiger partial charge on any atom is -0.393 e. The molecule has 1 rings (SSSR count). The number of nitrogens with one attached hydrogen (secondary N) is 1. The third-order valence-electron chi connectivity index (χ3n) is 2.87. The largest absolute Gasteiger partial charge is 0.393 e. The van der Waals surface area contributed by atoms with Crippen LogP contribution in [-0.4, -0.2) is 29.6 Å². The van der Waals surface area contributed by atoms with Gasteiger partial charge in [-0.3, -0.25) is 9.59 Å². The number of primary amides is 1. The van der Waals surface area contributed by atoms with Crippen molar-refractivity contribution in [2.45, 2.75) is 25.9 Å². The highest BCUT2D eigenvalue weighted by molar-refractivity contribution is 5.94. The van der Waals surface area contributed by atoms with Crippen LogP contribution in [-0.2, 0) is 4.79 Å². The zero-order valence-corrected chi connectivity index (χ0v) is 11.5. The molecule has 1 unspecified atom stereocenters. The molecule has 108 valence electrons. The summed E-state index contributed by atoms with van der Waals surface area (Å²) < 4.78 is 0. The summed E-state index contributed by atoms with van der Waals surface area (Å²) in [5.74, 6) is -0.694. The molecule has 4 N–H and O–H groups in total. The smallest absolute Gasteiger partial charge is 0.248 e. The Balaban J connectivity index is 2.43. The van der Waals surface area contributed by atoms with E-state index in [4.69, 9.17) is 5.73 Å². The topological polar surface area (TPSA) is 92.4 Å². The lowest BCUT2D eigenvalue weighted by Crippen LogP contribution is -2.25. The Morgan fingerprint density at radius 3 is 2.55 bits per heavy atom. The van der Waals surface area contributed by atoms with E-state index in [1.54, 1.807) is 30.3 Å². The van der Waals surface area contributed by atoms with Crippen LogP contribution in [0.1, 0.15) is 35.7 Å². The van der Waals surface area contributed by atoms with Crippen molar-refractivity contribution >= 4 is 17.9 Å². The van der Waals surface area contributed by atoms with Crippen LogP contribution in [0.5, 0.6) is 0 Å². The number of aliphatic hydroxyl groups is 1. The van der Waals surface area contributed by atoms with Crippen LogP contribution in [0, 0.1) is 0 Å². The van der Waals surface area contributed by atoms with Gasteiger partial charge in [-0.15, -0.1) is 0 Å². The Morgan fingerprint density at radius 2 is 2.00 bits per heavy atom. The molecule has 5 heteroatoms. The first kappa shape index (κ1) is 15.9. The van der Waals surface area contributed by atoms with Gasteiger partial charge in [0.05, 0.1) is 6.10 Å². The van der Waals surface area contributed by atoms with Crippen LogP contribution >= 0.6 is 0 Å². The van der Waals surface area contributed by atoms with Gasteiger partial charge in [0.25, 0.3) is 0 Å². The van der Waals surface area contributed by atoms with E-state index in [2.05, 4.69) is 5.32 Å². The normalized spacial score (nSPS) is 12.3. The van der Waals surface area contributed by atoms with E-state index in [1.165, 1.54) is 6.08 Å². The molecule has 5 nitrogen and oxygen atoms in total. The Morgan fingerprint density at radius 1 is 1.35 bits per heavy atom. The van der Waals surface area contributed by atoms with Gasteiger partial charge in [0.15, 0.2) is 0 Å². The number of carbonyl (C=O) groups is 2. The van der Waals surface area contributed by atoms with Crippen LogP contribution in [0.4, 0.5) is 0 Å². The van der Waals surface area contributed by atoms with E-state index in [1.807, 2.05) is 6.92 Å². The molecule has 0 fully saturated rings. The first-order chi connectivity index (χ1) is 9.52. The second-order valence-electron chi connectivity index (χ2n) is 4.46. The van der Waals surface area contributed by atoms with Crippen LogP contribution in [0.2, 0.25) is 0 Å². The standard InChI is InChI=1S/C15H20N2O3/c1-2-13(18)9-10-17-14(19)8-5-11-3-6-12(7-4-11)15(16)20/h3-8,13,18H,2,9-10H2,1H3,(H2,16,20)(H,17,19)/b8-5+. The summed E-state index contributed by atoms with van der Waals surface area (Å²) in [4.78, 5) is 22.4. The lowest BCUT2D eigenvalue weighted by Gasteiger charge is -2.07. The van der Waals surface area contributed by atoms with Crippen molar-refractivity contribution in [3.05, 3.63) is 41.5 Å². The number of hydrogen-bond donors (Lipinski definition) is 3. The van der Waals surface area contributed by atoms with Crippen LogP contribution in [0.15, 0.2) is 30.3 Å². The average Bonchev–Trinajstić information content (AvgIpc) is 2.45. The number of aliphatic hydroxyl groups excluding tert-OH is 1. The fourth-order valence-corrected chi connectivity index (χ4v) is 1.56. The summed E-state index contributed by atoms with van der Waals surface area (Å²) in [5.41, 5.74) is 6.37. The monoisotopic (exact) mass is 276 g/mol. The third-order valence-corrected chi connectivity index (χ3v) is 2.87. The number of benzene rings is 1. The Labute approximate surface area is 118 Å². The number of nitrogens with two attached hydrogens (primary N) is 1. The highest BCUT2D eigenvalue weighted by Gasteiger charge is 2.01. The van der Waals surface area contributed by atoms with Crippen molar-refractivity contribution < 1.29 is 14.7 Å². The molecule has 1 aromatic carbocycles. The van der Waals surface area contributed by atoms with E-state index < -0.39 is 5.91 Å². The minimum absolute atomic E-state index is 0.215. The average molecular weight is 276 g/mol. The molecule has 0 saturated carbocycles. The van der Waals surface area contributed by atoms with Gasteiger partial charge in [-0.05, 0) is 36.6 Å². The summed E-state index contributed by atoms with van der Waals surface area (Å²) in [5, 5.41) is 12.0. The molecule has 0 aliphatic heterocycles. The molecule has 1 aromatic rings. The molecular formula is C15H20N2O3. The maximum Gasteiger partial charge on any atom is 0.248 e. The number of amides is 2. The molecule has 0 aliphatic carbocycles. The van der Waals surface area contributed by atoms with E-state index in [0.717, 1.165) is 5.56 Å². The molecule has 20 heavy (non-hydrogen) atoms. The van der Waals surface area contributed by atoms with Crippen molar-refractivity contribution in [2.24, 2.45) is 5.73 Å². The van der Waals surface area contributed by atoms with Crippen molar-refractivity contribution in [3.8, 4) is 0 Å². The van der Waals surface area contributed by atoms with Gasteiger partial charge in [0.2, 0.25) is 11.8 Å². The summed E-state index contributed by atoms with van der Waals surface area (Å²) in [7, 11) is 0. The van der Waals surface area contributed by atoms with Gasteiger partial charge in [-0.25, -0.2) is 0 Å². The molecule has 0 aromatic heterocycles. The summed E-state index contributed by atoms with van der Waals surface area (Å²) in [6.45, 7) is 2.33. The maximum atomic E-state index is 11.5. The molecule has 0 aliphatic rings. The maximum absolute atomic E-state index is 11.5. The van der Waals surface area contributed by atoms with Gasteiger partial charge >= 0.3 is 0 Å². The summed E-state index contributed by atoms with van der Waals surface area (Å²) >= 11 is 0. The molecule has 1 atom stereocenters. The zero-order valence-electron chi connectivity index (χ0n) is 11.5. The van der Waals surface area contributed by atoms with Gasteiger partial charge < -0.3 is 16.2 Å². The number of carbonyl (C=O) groups excluding carboxylic acids is 2. The van der Waals surface area contributed by atoms with Crippen LogP contribution < -0.4 is 11.1 Å². The lowest BCUT2D eigenvalue weighted by molar-refractivity contribution is -0.116. The molecule has 0 bridgehead atoms. The van der Waals surface area contributed by atoms with Crippen molar-refractivity contribution in [1.29, 1.82) is 0 Å². The minimum atomic E-state index is -0.479. The first-order valence-electron chi connectivity index (χ1n) is 6.56. The molecular weight excluding hydrogens is 256 g/mol. The Hall–Kier alpha value is -2.14. The molecule has 0 radical (unpaired) electrons. The Bertz CT molecular complexity index is 480. The van der Waals surface area contributed by atoms with Crippen molar-refractivity contribution in [3.63, 3.8) is 0 Å². The third kappa shape index (κ3) is 5.67. The highest BCUT2D eigenvalue weighted by atomic mass is 16.3. The molecule has 0 saturated heterocycles. The quantitative estimate of drug-likeness (QED) is 0.650. The summed E-state index contributed by atoms with van der Waals surface area (Å²) in [6, 6.07) is 6.64. The SMILES string of the molecule is CCC(O)CCNC(=O)/C=C/c1ccc(C(N)=O)cc1. The van der Waals surface area contributed by atoms with E-state index in [-0.39, 0.29) is 12.0 Å².